The molecule has 156 valence electrons. The lowest BCUT2D eigenvalue weighted by atomic mass is 10.2. The van der Waals surface area contributed by atoms with Gasteiger partial charge in [-0.15, -0.1) is 0 Å². The topological polar surface area (TPSA) is 80.4 Å². The van der Waals surface area contributed by atoms with E-state index in [2.05, 4.69) is 46.2 Å². The van der Waals surface area contributed by atoms with Crippen molar-refractivity contribution < 1.29 is 14.1 Å². The Kier molecular flexibility index (Phi) is 6.20. The summed E-state index contributed by atoms with van der Waals surface area (Å²) in [5.41, 5.74) is 5.37. The summed E-state index contributed by atoms with van der Waals surface area (Å²) in [6.45, 7) is 7.76. The van der Waals surface area contributed by atoms with Gasteiger partial charge in [-0.1, -0.05) is 22.9 Å². The van der Waals surface area contributed by atoms with Crippen LogP contribution in [0.4, 0.5) is 5.82 Å². The van der Waals surface area contributed by atoms with Crippen molar-refractivity contribution in [2.24, 2.45) is 0 Å². The Hall–Kier alpha value is -3.61. The molecule has 0 saturated carbocycles. The number of carbonyl (C=O) groups is 2. The van der Waals surface area contributed by atoms with Crippen LogP contribution in [0.1, 0.15) is 28.3 Å². The Morgan fingerprint density at radius 1 is 1.13 bits per heavy atom. The highest BCUT2D eigenvalue weighted by Gasteiger charge is 2.13. The molecule has 0 unspecified atom stereocenters. The highest BCUT2D eigenvalue weighted by molar-refractivity contribution is 5.97. The van der Waals surface area contributed by atoms with Crippen molar-refractivity contribution in [2.75, 3.05) is 18.9 Å². The fraction of sp³-hybridized carbons (Fsp3) is 0.261. The summed E-state index contributed by atoms with van der Waals surface area (Å²) >= 11 is 0. The van der Waals surface area contributed by atoms with Crippen LogP contribution in [0.25, 0.3) is 11.8 Å². The number of amides is 2. The van der Waals surface area contributed by atoms with Gasteiger partial charge in [-0.05, 0) is 57.5 Å². The number of carbonyl (C=O) groups excluding carboxylic acids is 2. The van der Waals surface area contributed by atoms with Crippen molar-refractivity contribution in [2.45, 2.75) is 27.7 Å². The molecular formula is C23H26N4O3. The molecule has 2 amide bonds. The van der Waals surface area contributed by atoms with Crippen LogP contribution in [0.2, 0.25) is 0 Å². The van der Waals surface area contributed by atoms with Crippen molar-refractivity contribution in [1.82, 2.24) is 14.6 Å². The van der Waals surface area contributed by atoms with Crippen LogP contribution in [-0.4, -0.2) is 40.0 Å². The summed E-state index contributed by atoms with van der Waals surface area (Å²) in [6, 6.07) is 12.0. The highest BCUT2D eigenvalue weighted by Crippen LogP contribution is 2.22. The van der Waals surface area contributed by atoms with E-state index in [9.17, 15) is 9.59 Å². The van der Waals surface area contributed by atoms with Crippen molar-refractivity contribution in [3.63, 3.8) is 0 Å². The van der Waals surface area contributed by atoms with Gasteiger partial charge in [-0.2, -0.15) is 0 Å². The van der Waals surface area contributed by atoms with E-state index in [1.165, 1.54) is 16.5 Å². The minimum absolute atomic E-state index is 0.0858. The normalized spacial score (nSPS) is 11.1. The SMILES string of the molecule is Cc1ccc(-n2c(C)cc(/C=C/C(=O)N(C)CC(=O)Nc3cc(C)on3)c2C)cc1. The maximum atomic E-state index is 12.4. The van der Waals surface area contributed by atoms with E-state index in [0.29, 0.717) is 11.6 Å². The van der Waals surface area contributed by atoms with Gasteiger partial charge >= 0.3 is 0 Å². The molecule has 2 heterocycles. The molecule has 3 aromatic rings. The lowest BCUT2D eigenvalue weighted by Crippen LogP contribution is -2.33. The molecular weight excluding hydrogens is 380 g/mol. The lowest BCUT2D eigenvalue weighted by Gasteiger charge is -2.14. The molecule has 0 aliphatic rings. The third-order valence-corrected chi connectivity index (χ3v) is 4.82. The number of anilines is 1. The van der Waals surface area contributed by atoms with E-state index in [0.717, 1.165) is 22.6 Å². The second kappa shape index (κ2) is 8.82. The van der Waals surface area contributed by atoms with E-state index in [1.54, 1.807) is 26.1 Å². The second-order valence-corrected chi connectivity index (χ2v) is 7.40. The zero-order chi connectivity index (χ0) is 21.8. The molecule has 7 nitrogen and oxygen atoms in total. The summed E-state index contributed by atoms with van der Waals surface area (Å²) in [7, 11) is 1.58. The standard InChI is InChI=1S/C23H26N4O3/c1-15-6-9-20(10-7-15)27-16(2)12-19(18(27)4)8-11-23(29)26(5)14-22(28)24-21-13-17(3)30-25-21/h6-13H,14H2,1-5H3,(H,24,25,28)/b11-8+. The fourth-order valence-corrected chi connectivity index (χ4v) is 3.24. The van der Waals surface area contributed by atoms with Crippen molar-refractivity contribution in [1.29, 1.82) is 0 Å². The summed E-state index contributed by atoms with van der Waals surface area (Å²) in [6.07, 6.45) is 3.26. The molecule has 0 fully saturated rings. The Morgan fingerprint density at radius 2 is 1.83 bits per heavy atom. The molecule has 3 rings (SSSR count). The van der Waals surface area contributed by atoms with Crippen molar-refractivity contribution in [3.8, 4) is 5.69 Å². The van der Waals surface area contributed by atoms with Gasteiger partial charge in [0.15, 0.2) is 5.82 Å². The number of hydrogen-bond acceptors (Lipinski definition) is 4. The average Bonchev–Trinajstić information content (AvgIpc) is 3.22. The molecule has 0 atom stereocenters. The Balaban J connectivity index is 1.66. The van der Waals surface area contributed by atoms with Gasteiger partial charge in [0.25, 0.3) is 0 Å². The largest absolute Gasteiger partial charge is 0.360 e. The molecule has 0 aliphatic carbocycles. The summed E-state index contributed by atoms with van der Waals surface area (Å²) in [4.78, 5) is 25.9. The molecule has 0 radical (unpaired) electrons. The number of aromatic nitrogens is 2. The zero-order valence-electron chi connectivity index (χ0n) is 17.9. The maximum absolute atomic E-state index is 12.4. The molecule has 0 saturated heterocycles. The molecule has 0 bridgehead atoms. The zero-order valence-corrected chi connectivity index (χ0v) is 17.9. The minimum atomic E-state index is -0.343. The smallest absolute Gasteiger partial charge is 0.246 e. The van der Waals surface area contributed by atoms with Crippen LogP contribution in [0.3, 0.4) is 0 Å². The number of nitrogens with zero attached hydrogens (tertiary/aromatic N) is 3. The van der Waals surface area contributed by atoms with Crippen LogP contribution in [-0.2, 0) is 9.59 Å². The Bertz CT molecular complexity index is 1090. The van der Waals surface area contributed by atoms with E-state index in [1.807, 2.05) is 19.9 Å². The van der Waals surface area contributed by atoms with Crippen LogP contribution < -0.4 is 5.32 Å². The van der Waals surface area contributed by atoms with Crippen LogP contribution in [0.15, 0.2) is 47.0 Å². The average molecular weight is 406 g/mol. The maximum Gasteiger partial charge on any atom is 0.246 e. The van der Waals surface area contributed by atoms with E-state index >= 15 is 0 Å². The number of nitrogens with one attached hydrogen (secondary N) is 1. The lowest BCUT2D eigenvalue weighted by molar-refractivity contribution is -0.129. The molecule has 0 aliphatic heterocycles. The summed E-state index contributed by atoms with van der Waals surface area (Å²) in [5.74, 6) is 0.324. The van der Waals surface area contributed by atoms with Gasteiger partial charge in [0.05, 0.1) is 6.54 Å². The molecule has 7 heteroatoms. The number of likely N-dealkylation sites (N-methyl/N-ethyl adjacent to an activating group) is 1. The van der Waals surface area contributed by atoms with Crippen molar-refractivity contribution in [3.05, 3.63) is 70.7 Å². The predicted octanol–water partition coefficient (Wildman–Crippen LogP) is 3.81. The van der Waals surface area contributed by atoms with Gasteiger partial charge in [-0.25, -0.2) is 0 Å². The van der Waals surface area contributed by atoms with E-state index in [4.69, 9.17) is 4.52 Å². The van der Waals surface area contributed by atoms with Crippen LogP contribution in [0.5, 0.6) is 0 Å². The first-order chi connectivity index (χ1) is 14.2. The highest BCUT2D eigenvalue weighted by atomic mass is 16.5. The van der Waals surface area contributed by atoms with Crippen LogP contribution >= 0.6 is 0 Å². The Labute approximate surface area is 176 Å². The first kappa shape index (κ1) is 21.1. The van der Waals surface area contributed by atoms with Gasteiger partial charge in [0, 0.05) is 36.3 Å². The first-order valence-corrected chi connectivity index (χ1v) is 9.67. The van der Waals surface area contributed by atoms with Gasteiger partial charge in [0.2, 0.25) is 11.8 Å². The molecule has 30 heavy (non-hydrogen) atoms. The van der Waals surface area contributed by atoms with Gasteiger partial charge in [0.1, 0.15) is 5.76 Å². The molecule has 0 spiro atoms. The third-order valence-electron chi connectivity index (χ3n) is 4.82. The quantitative estimate of drug-likeness (QED) is 0.631. The van der Waals surface area contributed by atoms with E-state index in [-0.39, 0.29) is 18.4 Å². The number of rotatable bonds is 6. The molecule has 1 N–H and O–H groups in total. The minimum Gasteiger partial charge on any atom is -0.360 e. The monoisotopic (exact) mass is 406 g/mol. The van der Waals surface area contributed by atoms with Crippen molar-refractivity contribution >= 4 is 23.7 Å². The molecule has 2 aromatic heterocycles. The number of hydrogen-bond donors (Lipinski definition) is 1. The van der Waals surface area contributed by atoms with Gasteiger partial charge in [-0.3, -0.25) is 9.59 Å². The fourth-order valence-electron chi connectivity index (χ4n) is 3.24. The number of aryl methyl sites for hydroxylation is 3. The van der Waals surface area contributed by atoms with Crippen LogP contribution in [0, 0.1) is 27.7 Å². The number of benzene rings is 1. The Morgan fingerprint density at radius 3 is 2.47 bits per heavy atom. The predicted molar refractivity (Wildman–Crippen MR) is 117 cm³/mol. The third kappa shape index (κ3) is 4.86. The second-order valence-electron chi connectivity index (χ2n) is 7.40. The summed E-state index contributed by atoms with van der Waals surface area (Å²) < 4.78 is 7.06. The molecule has 1 aromatic carbocycles. The van der Waals surface area contributed by atoms with E-state index < -0.39 is 0 Å². The van der Waals surface area contributed by atoms with Gasteiger partial charge < -0.3 is 19.3 Å². The summed E-state index contributed by atoms with van der Waals surface area (Å²) in [5, 5.41) is 6.31. The first-order valence-electron chi connectivity index (χ1n) is 9.67.